The van der Waals surface area contributed by atoms with Crippen LogP contribution in [-0.2, 0) is 0 Å². The predicted octanol–water partition coefficient (Wildman–Crippen LogP) is 12.2. The lowest BCUT2D eigenvalue weighted by Gasteiger charge is -2.44. The zero-order valence-corrected chi connectivity index (χ0v) is 33.9. The van der Waals surface area contributed by atoms with Gasteiger partial charge in [-0.3, -0.25) is 0 Å². The summed E-state index contributed by atoms with van der Waals surface area (Å²) >= 11 is 0. The van der Waals surface area contributed by atoms with E-state index in [1.807, 2.05) is 72.8 Å². The van der Waals surface area contributed by atoms with Crippen LogP contribution in [0.2, 0.25) is 0 Å². The van der Waals surface area contributed by atoms with E-state index in [2.05, 4.69) is 109 Å². The Kier molecular flexibility index (Phi) is 8.44. The van der Waals surface area contributed by atoms with Crippen LogP contribution in [0.15, 0.2) is 182 Å². The fourth-order valence-electron chi connectivity index (χ4n) is 9.81. The summed E-state index contributed by atoms with van der Waals surface area (Å²) in [4.78, 5) is 0. The predicted molar refractivity (Wildman–Crippen MR) is 260 cm³/mol. The maximum absolute atomic E-state index is 6.26. The SMILES string of the molecule is Nc1ccc(-c2cc3c(cc2-c2ccc(N)cc2)C2c4cc(-c5ccc(N)cc5)c(-c5ccc(N)cc5)cc4C3c3cc(-c4ccc(N)cc4)c(-c4ccc(N)cc4)cc32)cc1. The molecule has 0 aliphatic heterocycles. The van der Waals surface area contributed by atoms with Gasteiger partial charge in [-0.05, 0) is 209 Å². The quantitative estimate of drug-likeness (QED) is 0.0919. The number of rotatable bonds is 6. The Balaban J connectivity index is 1.24. The summed E-state index contributed by atoms with van der Waals surface area (Å²) in [5.74, 6) is -0.178. The minimum absolute atomic E-state index is 0.0889. The molecule has 0 saturated carbocycles. The standard InChI is InChI=1S/C56H44N6/c57-37-13-1-31(2-14-37)43-25-49-50(26-44(43)32-3-15-38(58)16-4-32)56-53-29-47(35-9-21-41(61)22-10-35)45(33-5-17-39(59)18-6-33)27-51(53)55(49)52-28-46(34-7-19-40(60)20-8-34)48(30-54(52)56)36-11-23-42(62)24-12-36/h1-30,55-56H,57-62H2. The lowest BCUT2D eigenvalue weighted by atomic mass is 9.59. The van der Waals surface area contributed by atoms with Gasteiger partial charge < -0.3 is 34.4 Å². The second-order valence-electron chi connectivity index (χ2n) is 16.7. The molecule has 6 nitrogen and oxygen atoms in total. The van der Waals surface area contributed by atoms with Crippen LogP contribution in [0.5, 0.6) is 0 Å². The van der Waals surface area contributed by atoms with Crippen molar-refractivity contribution in [2.24, 2.45) is 0 Å². The minimum Gasteiger partial charge on any atom is -0.399 e. The van der Waals surface area contributed by atoms with Crippen LogP contribution < -0.4 is 34.4 Å². The Hall–Kier alpha value is -8.22. The fourth-order valence-corrected chi connectivity index (χ4v) is 9.81. The molecule has 62 heavy (non-hydrogen) atoms. The van der Waals surface area contributed by atoms with Crippen molar-refractivity contribution in [3.8, 4) is 66.8 Å². The maximum atomic E-state index is 6.26. The van der Waals surface area contributed by atoms with Gasteiger partial charge in [-0.2, -0.15) is 0 Å². The topological polar surface area (TPSA) is 156 Å². The van der Waals surface area contributed by atoms with Gasteiger partial charge >= 0.3 is 0 Å². The molecule has 9 aromatic rings. The third-order valence-electron chi connectivity index (χ3n) is 12.9. The van der Waals surface area contributed by atoms with E-state index in [4.69, 9.17) is 34.4 Å². The number of hydrogen-bond acceptors (Lipinski definition) is 6. The summed E-state index contributed by atoms with van der Waals surface area (Å²) in [5.41, 5.74) is 63.0. The van der Waals surface area contributed by atoms with Crippen molar-refractivity contribution in [1.29, 1.82) is 0 Å². The van der Waals surface area contributed by atoms with Gasteiger partial charge in [0.1, 0.15) is 0 Å². The third kappa shape index (κ3) is 6.11. The summed E-state index contributed by atoms with van der Waals surface area (Å²) in [5, 5.41) is 0. The Labute approximate surface area is 361 Å². The van der Waals surface area contributed by atoms with Crippen LogP contribution in [0.25, 0.3) is 66.8 Å². The molecule has 2 bridgehead atoms. The second kappa shape index (κ2) is 14.2. The first kappa shape index (κ1) is 36.8. The number of benzene rings is 9. The molecule has 0 spiro atoms. The van der Waals surface area contributed by atoms with Crippen LogP contribution in [0.4, 0.5) is 34.1 Å². The van der Waals surface area contributed by atoms with Crippen LogP contribution >= 0.6 is 0 Å². The van der Waals surface area contributed by atoms with E-state index in [1.165, 1.54) is 33.4 Å². The highest BCUT2D eigenvalue weighted by Gasteiger charge is 2.43. The Morgan fingerprint density at radius 2 is 0.323 bits per heavy atom. The van der Waals surface area contributed by atoms with Crippen LogP contribution in [0, 0.1) is 0 Å². The Morgan fingerprint density at radius 3 is 0.452 bits per heavy atom. The highest BCUT2D eigenvalue weighted by molar-refractivity contribution is 5.93. The minimum atomic E-state index is -0.0889. The highest BCUT2D eigenvalue weighted by Crippen LogP contribution is 2.60. The van der Waals surface area contributed by atoms with E-state index in [0.717, 1.165) is 101 Å². The van der Waals surface area contributed by atoms with Gasteiger partial charge in [0.2, 0.25) is 0 Å². The average molecular weight is 801 g/mol. The van der Waals surface area contributed by atoms with Crippen molar-refractivity contribution in [2.45, 2.75) is 11.8 Å². The van der Waals surface area contributed by atoms with E-state index in [1.54, 1.807) is 0 Å². The summed E-state index contributed by atoms with van der Waals surface area (Å²) in [6.07, 6.45) is 0. The molecule has 9 aromatic carbocycles. The molecule has 12 N–H and O–H groups in total. The normalized spacial score (nSPS) is 14.5. The van der Waals surface area contributed by atoms with Gasteiger partial charge in [0.15, 0.2) is 0 Å². The third-order valence-corrected chi connectivity index (χ3v) is 12.9. The van der Waals surface area contributed by atoms with Gasteiger partial charge in [-0.15, -0.1) is 0 Å². The van der Waals surface area contributed by atoms with Crippen LogP contribution in [0.1, 0.15) is 45.2 Å². The Morgan fingerprint density at radius 1 is 0.194 bits per heavy atom. The van der Waals surface area contributed by atoms with E-state index in [0.29, 0.717) is 0 Å². The molecule has 12 rings (SSSR count). The number of nitrogen functional groups attached to an aromatic ring is 6. The molecule has 0 aromatic heterocycles. The van der Waals surface area contributed by atoms with E-state index >= 15 is 0 Å². The smallest absolute Gasteiger partial charge is 0.0349 e. The second-order valence-corrected chi connectivity index (χ2v) is 16.7. The molecular weight excluding hydrogens is 757 g/mol. The molecule has 0 amide bonds. The molecule has 0 fully saturated rings. The molecule has 3 aliphatic rings. The van der Waals surface area contributed by atoms with Crippen molar-refractivity contribution < 1.29 is 0 Å². The molecule has 6 heteroatoms. The molecule has 3 aliphatic carbocycles. The molecule has 298 valence electrons. The molecule has 0 atom stereocenters. The first-order chi connectivity index (χ1) is 30.2. The molecule has 0 radical (unpaired) electrons. The molecule has 0 saturated heterocycles. The average Bonchev–Trinajstić information content (AvgIpc) is 3.29. The summed E-state index contributed by atoms with van der Waals surface area (Å²) in [6, 6.07) is 63.8. The van der Waals surface area contributed by atoms with Gasteiger partial charge in [0.05, 0.1) is 0 Å². The van der Waals surface area contributed by atoms with E-state index in [-0.39, 0.29) is 11.8 Å². The summed E-state index contributed by atoms with van der Waals surface area (Å²) in [7, 11) is 0. The highest BCUT2D eigenvalue weighted by atomic mass is 14.6. The zero-order valence-electron chi connectivity index (χ0n) is 33.9. The monoisotopic (exact) mass is 800 g/mol. The first-order valence-corrected chi connectivity index (χ1v) is 20.9. The largest absolute Gasteiger partial charge is 0.399 e. The van der Waals surface area contributed by atoms with Gasteiger partial charge in [0.25, 0.3) is 0 Å². The van der Waals surface area contributed by atoms with Crippen LogP contribution in [-0.4, -0.2) is 0 Å². The lowest BCUT2D eigenvalue weighted by Crippen LogP contribution is -2.28. The number of hydrogen-bond donors (Lipinski definition) is 6. The van der Waals surface area contributed by atoms with Gasteiger partial charge in [-0.1, -0.05) is 72.8 Å². The van der Waals surface area contributed by atoms with E-state index in [9.17, 15) is 0 Å². The summed E-state index contributed by atoms with van der Waals surface area (Å²) < 4.78 is 0. The van der Waals surface area contributed by atoms with Crippen molar-refractivity contribution in [3.05, 3.63) is 215 Å². The van der Waals surface area contributed by atoms with E-state index < -0.39 is 0 Å². The number of anilines is 6. The van der Waals surface area contributed by atoms with Crippen molar-refractivity contribution in [3.63, 3.8) is 0 Å². The van der Waals surface area contributed by atoms with Crippen molar-refractivity contribution in [1.82, 2.24) is 0 Å². The fraction of sp³-hybridized carbons (Fsp3) is 0.0357. The molecule has 0 unspecified atom stereocenters. The maximum Gasteiger partial charge on any atom is 0.0349 e. The van der Waals surface area contributed by atoms with Gasteiger partial charge in [0, 0.05) is 46.0 Å². The Bertz CT molecular complexity index is 2620. The van der Waals surface area contributed by atoms with Crippen molar-refractivity contribution >= 4 is 34.1 Å². The number of nitrogens with two attached hydrogens (primary N) is 6. The lowest BCUT2D eigenvalue weighted by molar-refractivity contribution is 0.756. The molecule has 0 heterocycles. The summed E-state index contributed by atoms with van der Waals surface area (Å²) in [6.45, 7) is 0. The molecular formula is C56H44N6. The zero-order chi connectivity index (χ0) is 42.2. The van der Waals surface area contributed by atoms with Crippen molar-refractivity contribution in [2.75, 3.05) is 34.4 Å². The van der Waals surface area contributed by atoms with Gasteiger partial charge in [-0.25, -0.2) is 0 Å². The first-order valence-electron chi connectivity index (χ1n) is 20.9. The van der Waals surface area contributed by atoms with Crippen LogP contribution in [0.3, 0.4) is 0 Å².